The van der Waals surface area contributed by atoms with Gasteiger partial charge in [-0.3, -0.25) is 14.4 Å². The minimum absolute atomic E-state index is 0.0954. The highest BCUT2D eigenvalue weighted by atomic mass is 16.2. The summed E-state index contributed by atoms with van der Waals surface area (Å²) in [6.07, 6.45) is 1.50. The fourth-order valence-corrected chi connectivity index (χ4v) is 1.21. The summed E-state index contributed by atoms with van der Waals surface area (Å²) >= 11 is 0. The van der Waals surface area contributed by atoms with Gasteiger partial charge in [-0.05, 0) is 13.0 Å². The van der Waals surface area contributed by atoms with Crippen LogP contribution in [0.3, 0.4) is 0 Å². The van der Waals surface area contributed by atoms with Crippen molar-refractivity contribution in [3.63, 3.8) is 0 Å². The van der Waals surface area contributed by atoms with Crippen LogP contribution in [0.4, 0.5) is 0 Å². The lowest BCUT2D eigenvalue weighted by molar-refractivity contribution is -0.120. The van der Waals surface area contributed by atoms with Crippen molar-refractivity contribution in [3.8, 4) is 0 Å². The largest absolute Gasteiger partial charge is 0.355 e. The number of hydrogen-bond acceptors (Lipinski definition) is 3. The summed E-state index contributed by atoms with van der Waals surface area (Å²) in [7, 11) is 1.60. The first-order valence-electron chi connectivity index (χ1n) is 5.26. The van der Waals surface area contributed by atoms with Crippen molar-refractivity contribution in [3.05, 3.63) is 34.2 Å². The van der Waals surface area contributed by atoms with Crippen LogP contribution in [0.15, 0.2) is 23.1 Å². The number of likely N-dealkylation sites (N-methyl/N-ethyl adjacent to an activating group) is 1. The SMILES string of the molecule is CCNC(=O)CNC(=O)c1ccn(C)c(=O)c1. The Bertz CT molecular complexity index is 479. The molecule has 0 bridgehead atoms. The molecule has 92 valence electrons. The van der Waals surface area contributed by atoms with Crippen LogP contribution in [0.1, 0.15) is 17.3 Å². The Kier molecular flexibility index (Phi) is 4.45. The maximum absolute atomic E-state index is 11.6. The van der Waals surface area contributed by atoms with Gasteiger partial charge >= 0.3 is 0 Å². The van der Waals surface area contributed by atoms with Crippen LogP contribution in [-0.4, -0.2) is 29.5 Å². The molecule has 0 saturated carbocycles. The average molecular weight is 237 g/mol. The van der Waals surface area contributed by atoms with Gasteiger partial charge in [0.25, 0.3) is 11.5 Å². The topological polar surface area (TPSA) is 80.2 Å². The predicted octanol–water partition coefficient (Wildman–Crippen LogP) is -0.749. The highest BCUT2D eigenvalue weighted by Crippen LogP contribution is 1.93. The standard InChI is InChI=1S/C11H15N3O3/c1-3-12-9(15)7-13-11(17)8-4-5-14(2)10(16)6-8/h4-6H,3,7H2,1-2H3,(H,12,15)(H,13,17). The molecule has 0 aliphatic heterocycles. The number of hydrogen-bond donors (Lipinski definition) is 2. The van der Waals surface area contributed by atoms with Crippen LogP contribution in [0.5, 0.6) is 0 Å². The van der Waals surface area contributed by atoms with Crippen LogP contribution in [0.25, 0.3) is 0 Å². The summed E-state index contributed by atoms with van der Waals surface area (Å²) in [5.41, 5.74) is -0.0203. The van der Waals surface area contributed by atoms with Crippen molar-refractivity contribution in [2.45, 2.75) is 6.92 Å². The van der Waals surface area contributed by atoms with Crippen LogP contribution < -0.4 is 16.2 Å². The molecule has 1 heterocycles. The van der Waals surface area contributed by atoms with Crippen LogP contribution >= 0.6 is 0 Å². The van der Waals surface area contributed by atoms with Crippen molar-refractivity contribution in [2.24, 2.45) is 7.05 Å². The Hall–Kier alpha value is -2.11. The Morgan fingerprint density at radius 2 is 2.06 bits per heavy atom. The van der Waals surface area contributed by atoms with Crippen molar-refractivity contribution in [1.82, 2.24) is 15.2 Å². The first kappa shape index (κ1) is 13.0. The Balaban J connectivity index is 2.61. The van der Waals surface area contributed by atoms with Crippen molar-refractivity contribution in [1.29, 1.82) is 0 Å². The molecule has 2 N–H and O–H groups in total. The molecule has 0 aliphatic carbocycles. The molecule has 0 spiro atoms. The Morgan fingerprint density at radius 1 is 1.35 bits per heavy atom. The van der Waals surface area contributed by atoms with E-state index in [4.69, 9.17) is 0 Å². The van der Waals surface area contributed by atoms with E-state index in [0.717, 1.165) is 0 Å². The monoisotopic (exact) mass is 237 g/mol. The molecule has 0 saturated heterocycles. The van der Waals surface area contributed by atoms with Gasteiger partial charge in [0.2, 0.25) is 5.91 Å². The maximum atomic E-state index is 11.6. The van der Waals surface area contributed by atoms with Gasteiger partial charge in [-0.2, -0.15) is 0 Å². The summed E-state index contributed by atoms with van der Waals surface area (Å²) in [5, 5.41) is 4.98. The van der Waals surface area contributed by atoms with Gasteiger partial charge in [0.1, 0.15) is 0 Å². The Labute approximate surface area is 98.6 Å². The highest BCUT2D eigenvalue weighted by Gasteiger charge is 2.08. The van der Waals surface area contributed by atoms with E-state index >= 15 is 0 Å². The molecule has 0 aliphatic rings. The zero-order valence-electron chi connectivity index (χ0n) is 9.82. The molecular weight excluding hydrogens is 222 g/mol. The third-order valence-electron chi connectivity index (χ3n) is 2.15. The number of aryl methyl sites for hydroxylation is 1. The summed E-state index contributed by atoms with van der Waals surface area (Å²) in [5.74, 6) is -0.696. The second kappa shape index (κ2) is 5.83. The van der Waals surface area contributed by atoms with Crippen LogP contribution in [-0.2, 0) is 11.8 Å². The van der Waals surface area contributed by atoms with Gasteiger partial charge in [0.05, 0.1) is 6.54 Å². The number of nitrogens with zero attached hydrogens (tertiary/aromatic N) is 1. The molecule has 0 unspecified atom stereocenters. The summed E-state index contributed by atoms with van der Waals surface area (Å²) in [6.45, 7) is 2.21. The molecule has 0 fully saturated rings. The average Bonchev–Trinajstić information content (AvgIpc) is 2.30. The number of nitrogens with one attached hydrogen (secondary N) is 2. The van der Waals surface area contributed by atoms with Gasteiger partial charge in [0, 0.05) is 31.4 Å². The zero-order chi connectivity index (χ0) is 12.8. The molecule has 1 aromatic rings. The van der Waals surface area contributed by atoms with Crippen molar-refractivity contribution < 1.29 is 9.59 Å². The predicted molar refractivity (Wildman–Crippen MR) is 62.7 cm³/mol. The molecule has 17 heavy (non-hydrogen) atoms. The molecule has 1 aromatic heterocycles. The van der Waals surface area contributed by atoms with Gasteiger partial charge < -0.3 is 15.2 Å². The molecule has 6 nitrogen and oxygen atoms in total. The minimum atomic E-state index is -0.436. The van der Waals surface area contributed by atoms with Gasteiger partial charge in [-0.15, -0.1) is 0 Å². The van der Waals surface area contributed by atoms with E-state index in [1.165, 1.54) is 22.9 Å². The van der Waals surface area contributed by atoms with E-state index in [9.17, 15) is 14.4 Å². The van der Waals surface area contributed by atoms with E-state index in [2.05, 4.69) is 10.6 Å². The smallest absolute Gasteiger partial charge is 0.251 e. The van der Waals surface area contributed by atoms with Crippen LogP contribution in [0.2, 0.25) is 0 Å². The fraction of sp³-hybridized carbons (Fsp3) is 0.364. The lowest BCUT2D eigenvalue weighted by Crippen LogP contribution is -2.37. The third-order valence-corrected chi connectivity index (χ3v) is 2.15. The third kappa shape index (κ3) is 3.75. The molecule has 0 aromatic carbocycles. The first-order chi connectivity index (χ1) is 8.04. The molecule has 0 atom stereocenters. The maximum Gasteiger partial charge on any atom is 0.251 e. The van der Waals surface area contributed by atoms with Gasteiger partial charge in [0.15, 0.2) is 0 Å². The molecule has 2 amide bonds. The summed E-state index contributed by atoms with van der Waals surface area (Å²) in [4.78, 5) is 34.0. The van der Waals surface area contributed by atoms with Gasteiger partial charge in [-0.1, -0.05) is 0 Å². The number of rotatable bonds is 4. The van der Waals surface area contributed by atoms with Gasteiger partial charge in [-0.25, -0.2) is 0 Å². The van der Waals surface area contributed by atoms with Crippen molar-refractivity contribution >= 4 is 11.8 Å². The summed E-state index contributed by atoms with van der Waals surface area (Å²) < 4.78 is 1.36. The second-order valence-corrected chi connectivity index (χ2v) is 3.50. The number of carbonyl (C=O) groups excluding carboxylic acids is 2. The first-order valence-corrected chi connectivity index (χ1v) is 5.26. The normalized spacial score (nSPS) is 9.76. The van der Waals surface area contributed by atoms with E-state index in [1.54, 1.807) is 14.0 Å². The fourth-order valence-electron chi connectivity index (χ4n) is 1.21. The lowest BCUT2D eigenvalue weighted by Gasteiger charge is -2.05. The van der Waals surface area contributed by atoms with E-state index in [0.29, 0.717) is 6.54 Å². The minimum Gasteiger partial charge on any atom is -0.355 e. The molecule has 6 heteroatoms. The molecular formula is C11H15N3O3. The number of aromatic nitrogens is 1. The second-order valence-electron chi connectivity index (χ2n) is 3.50. The Morgan fingerprint density at radius 3 is 2.65 bits per heavy atom. The number of pyridine rings is 1. The highest BCUT2D eigenvalue weighted by molar-refractivity contribution is 5.96. The van der Waals surface area contributed by atoms with E-state index in [-0.39, 0.29) is 23.6 Å². The quantitative estimate of drug-likeness (QED) is 0.723. The van der Waals surface area contributed by atoms with Crippen LogP contribution in [0, 0.1) is 0 Å². The summed E-state index contributed by atoms with van der Waals surface area (Å²) in [6, 6.07) is 2.75. The zero-order valence-corrected chi connectivity index (χ0v) is 9.82. The van der Waals surface area contributed by atoms with E-state index in [1.807, 2.05) is 0 Å². The number of carbonyl (C=O) groups is 2. The van der Waals surface area contributed by atoms with Crippen molar-refractivity contribution in [2.75, 3.05) is 13.1 Å². The lowest BCUT2D eigenvalue weighted by atomic mass is 10.2. The van der Waals surface area contributed by atoms with E-state index < -0.39 is 5.91 Å². The molecule has 0 radical (unpaired) electrons. The number of amides is 2. The molecule has 1 rings (SSSR count).